The monoisotopic (exact) mass is 450 g/mol. The number of pyridine rings is 1. The van der Waals surface area contributed by atoms with Gasteiger partial charge in [0.2, 0.25) is 0 Å². The van der Waals surface area contributed by atoms with Crippen molar-refractivity contribution in [3.63, 3.8) is 0 Å². The van der Waals surface area contributed by atoms with Crippen LogP contribution in [0.5, 0.6) is 0 Å². The Morgan fingerprint density at radius 3 is 2.45 bits per heavy atom. The summed E-state index contributed by atoms with van der Waals surface area (Å²) in [5.74, 6) is -0.251. The molecule has 5 aromatic rings. The van der Waals surface area contributed by atoms with Crippen LogP contribution < -0.4 is 5.32 Å². The molecule has 10 heteroatoms. The van der Waals surface area contributed by atoms with Crippen LogP contribution in [-0.2, 0) is 19.8 Å². The zero-order valence-corrected chi connectivity index (χ0v) is 17.3. The van der Waals surface area contributed by atoms with Crippen LogP contribution in [0.4, 0.5) is 13.2 Å². The lowest BCUT2D eigenvalue weighted by Crippen LogP contribution is -2.22. The fraction of sp³-hybridized carbons (Fsp3) is 0.130. The molecule has 1 amide bonds. The number of alkyl halides is 3. The molecule has 7 nitrogen and oxygen atoms in total. The normalized spacial score (nSPS) is 11.9. The van der Waals surface area contributed by atoms with Crippen LogP contribution in [0.3, 0.4) is 0 Å². The van der Waals surface area contributed by atoms with Crippen molar-refractivity contribution in [2.24, 2.45) is 7.05 Å². The minimum absolute atomic E-state index is 0.251. The molecule has 3 aromatic heterocycles. The van der Waals surface area contributed by atoms with Crippen molar-refractivity contribution in [2.75, 3.05) is 0 Å². The highest BCUT2D eigenvalue weighted by Gasteiger charge is 2.30. The number of amides is 1. The maximum Gasteiger partial charge on any atom is 0.416 e. The molecule has 1 N–H and O–H groups in total. The van der Waals surface area contributed by atoms with E-state index in [4.69, 9.17) is 0 Å². The molecule has 0 aliphatic carbocycles. The number of hydrogen-bond donors (Lipinski definition) is 1. The first-order valence-corrected chi connectivity index (χ1v) is 10.0. The molecule has 0 aliphatic rings. The molecule has 33 heavy (non-hydrogen) atoms. The largest absolute Gasteiger partial charge is 0.416 e. The van der Waals surface area contributed by atoms with Gasteiger partial charge in [0.1, 0.15) is 5.52 Å². The van der Waals surface area contributed by atoms with E-state index in [2.05, 4.69) is 20.6 Å². The first kappa shape index (κ1) is 20.7. The van der Waals surface area contributed by atoms with E-state index in [0.29, 0.717) is 39.9 Å². The Bertz CT molecular complexity index is 1470. The molecule has 2 aromatic carbocycles. The van der Waals surface area contributed by atoms with Crippen molar-refractivity contribution in [3.8, 4) is 5.69 Å². The first-order valence-electron chi connectivity index (χ1n) is 10.0. The summed E-state index contributed by atoms with van der Waals surface area (Å²) in [6.07, 6.45) is -1.11. The second-order valence-electron chi connectivity index (χ2n) is 7.54. The number of fused-ring (bicyclic) bond motifs is 3. The van der Waals surface area contributed by atoms with Crippen LogP contribution >= 0.6 is 0 Å². The number of carbonyl (C=O) groups is 1. The van der Waals surface area contributed by atoms with E-state index >= 15 is 0 Å². The van der Waals surface area contributed by atoms with Gasteiger partial charge in [-0.3, -0.25) is 14.3 Å². The summed E-state index contributed by atoms with van der Waals surface area (Å²) in [6.45, 7) is 0.356. The number of aryl methyl sites for hydroxylation is 1. The Labute approximate surface area is 185 Å². The SMILES string of the molecule is Cn1nnc2c1c1cc(C(=O)NCc3ccncc3)ccc1n2-c1ccc(C(F)(F)F)cc1. The van der Waals surface area contributed by atoms with Gasteiger partial charge in [-0.25, -0.2) is 4.68 Å². The number of carbonyl (C=O) groups excluding carboxylic acids is 1. The van der Waals surface area contributed by atoms with Crippen LogP contribution in [-0.4, -0.2) is 30.5 Å². The summed E-state index contributed by atoms with van der Waals surface area (Å²) in [5.41, 5.74) is 3.02. The fourth-order valence-corrected chi connectivity index (χ4v) is 3.81. The van der Waals surface area contributed by atoms with Gasteiger partial charge < -0.3 is 5.32 Å². The second-order valence-corrected chi connectivity index (χ2v) is 7.54. The van der Waals surface area contributed by atoms with Crippen molar-refractivity contribution >= 4 is 28.0 Å². The van der Waals surface area contributed by atoms with E-state index in [1.807, 2.05) is 12.1 Å². The number of halogens is 3. The number of nitrogens with one attached hydrogen (secondary N) is 1. The predicted octanol–water partition coefficient (Wildman–Crippen LogP) is 4.26. The van der Waals surface area contributed by atoms with Gasteiger partial charge in [-0.05, 0) is 60.2 Å². The van der Waals surface area contributed by atoms with Crippen LogP contribution in [0.15, 0.2) is 67.0 Å². The molecule has 0 aliphatic heterocycles. The maximum absolute atomic E-state index is 13.0. The average Bonchev–Trinajstić information content (AvgIpc) is 3.34. The van der Waals surface area contributed by atoms with Crippen LogP contribution in [0.25, 0.3) is 27.8 Å². The second kappa shape index (κ2) is 7.73. The molecular weight excluding hydrogens is 433 g/mol. The lowest BCUT2D eigenvalue weighted by atomic mass is 10.1. The maximum atomic E-state index is 13.0. The minimum Gasteiger partial charge on any atom is -0.348 e. The fourth-order valence-electron chi connectivity index (χ4n) is 3.81. The minimum atomic E-state index is -4.42. The molecule has 0 bridgehead atoms. The van der Waals surface area contributed by atoms with Crippen LogP contribution in [0, 0.1) is 0 Å². The van der Waals surface area contributed by atoms with Crippen molar-refractivity contribution < 1.29 is 18.0 Å². The smallest absolute Gasteiger partial charge is 0.348 e. The molecule has 0 saturated carbocycles. The topological polar surface area (TPSA) is 77.6 Å². The van der Waals surface area contributed by atoms with Crippen LogP contribution in [0.2, 0.25) is 0 Å². The van der Waals surface area contributed by atoms with Gasteiger partial charge in [-0.15, -0.1) is 5.10 Å². The zero-order chi connectivity index (χ0) is 23.2. The van der Waals surface area contributed by atoms with Crippen molar-refractivity contribution in [1.29, 1.82) is 0 Å². The Morgan fingerprint density at radius 2 is 1.76 bits per heavy atom. The van der Waals surface area contributed by atoms with E-state index in [1.54, 1.807) is 46.9 Å². The quantitative estimate of drug-likeness (QED) is 0.444. The third kappa shape index (κ3) is 3.69. The summed E-state index contributed by atoms with van der Waals surface area (Å²) in [5, 5.41) is 11.9. The molecule has 0 fully saturated rings. The number of aromatic nitrogens is 5. The van der Waals surface area contributed by atoms with E-state index in [0.717, 1.165) is 17.7 Å². The molecule has 0 spiro atoms. The predicted molar refractivity (Wildman–Crippen MR) is 116 cm³/mol. The van der Waals surface area contributed by atoms with E-state index < -0.39 is 11.7 Å². The summed E-state index contributed by atoms with van der Waals surface area (Å²) < 4.78 is 42.3. The lowest BCUT2D eigenvalue weighted by molar-refractivity contribution is -0.137. The Balaban J connectivity index is 1.55. The number of nitrogens with zero attached hydrogens (tertiary/aromatic N) is 5. The number of rotatable bonds is 4. The van der Waals surface area contributed by atoms with Crippen molar-refractivity contribution in [2.45, 2.75) is 12.7 Å². The zero-order valence-electron chi connectivity index (χ0n) is 17.3. The summed E-state index contributed by atoms with van der Waals surface area (Å²) in [6, 6.07) is 13.7. The third-order valence-electron chi connectivity index (χ3n) is 5.43. The molecule has 0 saturated heterocycles. The van der Waals surface area contributed by atoms with Gasteiger partial charge in [-0.1, -0.05) is 5.21 Å². The van der Waals surface area contributed by atoms with Gasteiger partial charge in [0.05, 0.1) is 11.1 Å². The van der Waals surface area contributed by atoms with Gasteiger partial charge >= 0.3 is 6.18 Å². The van der Waals surface area contributed by atoms with Gasteiger partial charge in [0, 0.05) is 42.6 Å². The molecule has 0 radical (unpaired) electrons. The molecule has 3 heterocycles. The van der Waals surface area contributed by atoms with Gasteiger partial charge in [0.25, 0.3) is 5.91 Å². The van der Waals surface area contributed by atoms with E-state index in [-0.39, 0.29) is 5.91 Å². The first-order chi connectivity index (χ1) is 15.8. The molecule has 5 rings (SSSR count). The standard InChI is InChI=1S/C23H17F3N6O/c1-31-20-18-12-15(22(33)28-13-14-8-10-27-11-9-14)2-7-19(18)32(21(20)29-30-31)17-5-3-16(4-6-17)23(24,25)26/h2-12H,13H2,1H3,(H,28,33). The van der Waals surface area contributed by atoms with Crippen molar-refractivity contribution in [1.82, 2.24) is 29.9 Å². The third-order valence-corrected chi connectivity index (χ3v) is 5.43. The molecule has 0 unspecified atom stereocenters. The molecule has 0 atom stereocenters. The van der Waals surface area contributed by atoms with E-state index in [1.165, 1.54) is 12.1 Å². The highest BCUT2D eigenvalue weighted by atomic mass is 19.4. The lowest BCUT2D eigenvalue weighted by Gasteiger charge is -2.10. The van der Waals surface area contributed by atoms with Crippen LogP contribution in [0.1, 0.15) is 21.5 Å². The average molecular weight is 450 g/mol. The van der Waals surface area contributed by atoms with Gasteiger partial charge in [0.15, 0.2) is 5.65 Å². The molecular formula is C23H17F3N6O. The Kier molecular flexibility index (Phi) is 4.85. The van der Waals surface area contributed by atoms with E-state index in [9.17, 15) is 18.0 Å². The summed E-state index contributed by atoms with van der Waals surface area (Å²) in [4.78, 5) is 16.7. The summed E-state index contributed by atoms with van der Waals surface area (Å²) in [7, 11) is 1.72. The van der Waals surface area contributed by atoms with Gasteiger partial charge in [-0.2, -0.15) is 13.2 Å². The highest BCUT2D eigenvalue weighted by Crippen LogP contribution is 2.33. The number of benzene rings is 2. The highest BCUT2D eigenvalue weighted by molar-refractivity contribution is 6.09. The van der Waals surface area contributed by atoms with Crippen molar-refractivity contribution in [3.05, 3.63) is 83.7 Å². The Morgan fingerprint density at radius 1 is 1.03 bits per heavy atom. The number of hydrogen-bond acceptors (Lipinski definition) is 4. The molecule has 166 valence electrons. The Hall–Kier alpha value is -4.21. The summed E-state index contributed by atoms with van der Waals surface area (Å²) >= 11 is 0.